The summed E-state index contributed by atoms with van der Waals surface area (Å²) in [6.45, 7) is 3.92. The summed E-state index contributed by atoms with van der Waals surface area (Å²) in [5.74, 6) is 1.72. The summed E-state index contributed by atoms with van der Waals surface area (Å²) in [5, 5.41) is 2.79. The number of hydrogen-bond donors (Lipinski definition) is 2. The van der Waals surface area contributed by atoms with Crippen molar-refractivity contribution in [3.63, 3.8) is 0 Å². The van der Waals surface area contributed by atoms with E-state index in [4.69, 9.17) is 9.72 Å². The van der Waals surface area contributed by atoms with Gasteiger partial charge in [0.25, 0.3) is 0 Å². The summed E-state index contributed by atoms with van der Waals surface area (Å²) >= 11 is 0. The number of nitrogens with one attached hydrogen (secondary N) is 2. The Morgan fingerprint density at radius 1 is 1.21 bits per heavy atom. The lowest BCUT2D eigenvalue weighted by Gasteiger charge is -2.36. The number of H-pyrrole nitrogens is 1. The first-order chi connectivity index (χ1) is 16.5. The minimum Gasteiger partial charge on any atom is -0.453 e. The van der Waals surface area contributed by atoms with Gasteiger partial charge >= 0.3 is 6.09 Å². The first-order valence-electron chi connectivity index (χ1n) is 12.8. The zero-order valence-corrected chi connectivity index (χ0v) is 20.4. The molecule has 0 radical (unpaired) electrons. The van der Waals surface area contributed by atoms with Gasteiger partial charge in [-0.2, -0.15) is 0 Å². The monoisotopic (exact) mass is 464 g/mol. The van der Waals surface area contributed by atoms with Crippen LogP contribution in [-0.2, 0) is 9.53 Å². The van der Waals surface area contributed by atoms with Gasteiger partial charge in [-0.25, -0.2) is 9.78 Å². The molecule has 0 bridgehead atoms. The average molecular weight is 465 g/mol. The summed E-state index contributed by atoms with van der Waals surface area (Å²) in [5.41, 5.74) is 3.27. The van der Waals surface area contributed by atoms with Gasteiger partial charge in [0, 0.05) is 12.0 Å². The number of aromatic nitrogens is 2. The van der Waals surface area contributed by atoms with Crippen LogP contribution < -0.4 is 5.32 Å². The van der Waals surface area contributed by atoms with Crippen molar-refractivity contribution in [1.82, 2.24) is 20.2 Å². The Morgan fingerprint density at radius 3 is 2.76 bits per heavy atom. The Kier molecular flexibility index (Phi) is 6.36. The number of methoxy groups -OCH3 is 1. The van der Waals surface area contributed by atoms with Gasteiger partial charge in [0.2, 0.25) is 5.91 Å². The maximum Gasteiger partial charge on any atom is 0.407 e. The summed E-state index contributed by atoms with van der Waals surface area (Å²) in [4.78, 5) is 36.5. The fourth-order valence-corrected chi connectivity index (χ4v) is 6.22. The van der Waals surface area contributed by atoms with Crippen molar-refractivity contribution in [2.24, 2.45) is 11.8 Å². The molecule has 2 aromatic rings. The van der Waals surface area contributed by atoms with Gasteiger partial charge in [-0.3, -0.25) is 4.79 Å². The molecule has 2 amide bonds. The van der Waals surface area contributed by atoms with E-state index in [1.807, 2.05) is 18.7 Å². The lowest BCUT2D eigenvalue weighted by atomic mass is 9.84. The number of amides is 2. The van der Waals surface area contributed by atoms with E-state index in [1.165, 1.54) is 19.1 Å². The lowest BCUT2D eigenvalue weighted by molar-refractivity contribution is -0.138. The fraction of sp³-hybridized carbons (Fsp3) is 0.593. The van der Waals surface area contributed by atoms with Crippen LogP contribution in [-0.4, -0.2) is 46.1 Å². The maximum atomic E-state index is 13.9. The number of rotatable bonds is 5. The molecular weight excluding hydrogens is 428 g/mol. The molecule has 0 spiro atoms. The summed E-state index contributed by atoms with van der Waals surface area (Å²) < 4.78 is 4.81. The number of imidazole rings is 1. The van der Waals surface area contributed by atoms with Crippen LogP contribution in [0.5, 0.6) is 0 Å². The Morgan fingerprint density at radius 2 is 2.03 bits per heavy atom. The summed E-state index contributed by atoms with van der Waals surface area (Å²) in [6, 6.07) is 5.97. The van der Waals surface area contributed by atoms with Crippen molar-refractivity contribution < 1.29 is 14.3 Å². The van der Waals surface area contributed by atoms with Crippen molar-refractivity contribution in [2.45, 2.75) is 82.8 Å². The zero-order valence-electron chi connectivity index (χ0n) is 20.4. The van der Waals surface area contributed by atoms with E-state index in [0.29, 0.717) is 11.8 Å². The third-order valence-electron chi connectivity index (χ3n) is 8.02. The van der Waals surface area contributed by atoms with Gasteiger partial charge in [0.05, 0.1) is 24.2 Å². The van der Waals surface area contributed by atoms with E-state index >= 15 is 0 Å². The fourth-order valence-electron chi connectivity index (χ4n) is 6.22. The second-order valence-electron chi connectivity index (χ2n) is 10.5. The molecule has 2 aliphatic carbocycles. The number of nitrogens with zero attached hydrogens (tertiary/aromatic N) is 2. The van der Waals surface area contributed by atoms with Crippen molar-refractivity contribution in [3.8, 4) is 0 Å². The topological polar surface area (TPSA) is 87.3 Å². The van der Waals surface area contributed by atoms with Gasteiger partial charge in [-0.1, -0.05) is 44.9 Å². The molecule has 34 heavy (non-hydrogen) atoms. The van der Waals surface area contributed by atoms with Crippen molar-refractivity contribution >= 4 is 23.0 Å². The molecule has 1 aliphatic heterocycles. The maximum absolute atomic E-state index is 13.9. The number of carbonyl (C=O) groups is 2. The van der Waals surface area contributed by atoms with Crippen molar-refractivity contribution in [1.29, 1.82) is 0 Å². The Balaban J connectivity index is 1.48. The van der Waals surface area contributed by atoms with E-state index in [-0.39, 0.29) is 23.9 Å². The van der Waals surface area contributed by atoms with Crippen molar-refractivity contribution in [2.75, 3.05) is 7.11 Å². The number of alkyl carbamates (subject to hydrolysis) is 1. The van der Waals surface area contributed by atoms with Crippen LogP contribution in [0.2, 0.25) is 0 Å². The predicted octanol–water partition coefficient (Wildman–Crippen LogP) is 5.21. The van der Waals surface area contributed by atoms with Crippen LogP contribution >= 0.6 is 0 Å². The second kappa shape index (κ2) is 9.43. The standard InChI is InChI=1S/C27H36N4O3/c1-16(2)24(30-27(33)34-3)26(32)31-22-11-7-6-10-19(22)15-23(31)25-28-20-13-12-18(14-21(20)29-25)17-8-4-5-9-17/h4,8,12-14,16-17,19,22-24H,5-7,9-11,15H2,1-3H3,(H,28,29)(H,30,33)/t17?,19-,22-,23-,24-/m0/s1. The first-order valence-corrected chi connectivity index (χ1v) is 12.8. The van der Waals surface area contributed by atoms with Gasteiger partial charge < -0.3 is 19.9 Å². The van der Waals surface area contributed by atoms with Crippen LogP contribution in [0.15, 0.2) is 30.4 Å². The van der Waals surface area contributed by atoms with Gasteiger partial charge in [0.1, 0.15) is 11.9 Å². The molecule has 5 atom stereocenters. The van der Waals surface area contributed by atoms with E-state index in [1.54, 1.807) is 0 Å². The molecule has 1 aromatic heterocycles. The predicted molar refractivity (Wildman–Crippen MR) is 131 cm³/mol. The molecule has 182 valence electrons. The highest BCUT2D eigenvalue weighted by molar-refractivity contribution is 5.87. The number of carbonyl (C=O) groups excluding carboxylic acids is 2. The Labute approximate surface area is 201 Å². The SMILES string of the molecule is COC(=O)N[C@H](C(=O)N1[C@H](c2nc3cc(C4C=CCC4)ccc3[nH]2)C[C@@H]2CCCC[C@@H]21)C(C)C. The highest BCUT2D eigenvalue weighted by Crippen LogP contribution is 2.46. The smallest absolute Gasteiger partial charge is 0.407 e. The first kappa shape index (κ1) is 22.9. The summed E-state index contributed by atoms with van der Waals surface area (Å²) in [7, 11) is 1.33. The number of aromatic amines is 1. The summed E-state index contributed by atoms with van der Waals surface area (Å²) in [6.07, 6.45) is 11.7. The highest BCUT2D eigenvalue weighted by atomic mass is 16.5. The minimum atomic E-state index is -0.624. The molecule has 7 heteroatoms. The largest absolute Gasteiger partial charge is 0.453 e. The van der Waals surface area contributed by atoms with Gasteiger partial charge in [0.15, 0.2) is 0 Å². The van der Waals surface area contributed by atoms with Gasteiger partial charge in [-0.05, 0) is 61.6 Å². The number of benzene rings is 1. The zero-order chi connectivity index (χ0) is 23.8. The number of allylic oxidation sites excluding steroid dienone is 2. The normalized spacial score (nSPS) is 27.2. The average Bonchev–Trinajstić information content (AvgIpc) is 3.58. The van der Waals surface area contributed by atoms with E-state index in [9.17, 15) is 9.59 Å². The van der Waals surface area contributed by atoms with E-state index in [2.05, 4.69) is 40.7 Å². The molecule has 5 rings (SSSR count). The Hall–Kier alpha value is -2.83. The molecule has 2 heterocycles. The van der Waals surface area contributed by atoms with E-state index in [0.717, 1.165) is 55.4 Å². The molecule has 1 aromatic carbocycles. The molecule has 2 N–H and O–H groups in total. The number of fused-ring (bicyclic) bond motifs is 2. The minimum absolute atomic E-state index is 0.0305. The molecule has 1 unspecified atom stereocenters. The molecule has 1 saturated heterocycles. The van der Waals surface area contributed by atoms with Gasteiger partial charge in [-0.15, -0.1) is 0 Å². The molecule has 2 fully saturated rings. The van der Waals surface area contributed by atoms with Crippen LogP contribution in [0, 0.1) is 11.8 Å². The molecular formula is C27H36N4O3. The Bertz CT molecular complexity index is 1090. The molecule has 3 aliphatic rings. The third kappa shape index (κ3) is 4.21. The van der Waals surface area contributed by atoms with Crippen LogP contribution in [0.1, 0.15) is 82.1 Å². The number of hydrogen-bond acceptors (Lipinski definition) is 4. The molecule has 7 nitrogen and oxygen atoms in total. The van der Waals surface area contributed by atoms with Crippen LogP contribution in [0.4, 0.5) is 4.79 Å². The number of likely N-dealkylation sites (tertiary alicyclic amines) is 1. The van der Waals surface area contributed by atoms with Crippen molar-refractivity contribution in [3.05, 3.63) is 41.7 Å². The lowest BCUT2D eigenvalue weighted by Crippen LogP contribution is -2.53. The third-order valence-corrected chi connectivity index (χ3v) is 8.02. The van der Waals surface area contributed by atoms with Crippen LogP contribution in [0.25, 0.3) is 11.0 Å². The second-order valence-corrected chi connectivity index (χ2v) is 10.5. The quantitative estimate of drug-likeness (QED) is 0.595. The number of ether oxygens (including phenoxy) is 1. The van der Waals surface area contributed by atoms with Crippen LogP contribution in [0.3, 0.4) is 0 Å². The van der Waals surface area contributed by atoms with E-state index < -0.39 is 12.1 Å². The highest BCUT2D eigenvalue weighted by Gasteiger charge is 2.48. The molecule has 1 saturated carbocycles.